The van der Waals surface area contributed by atoms with Gasteiger partial charge in [-0.15, -0.1) is 0 Å². The van der Waals surface area contributed by atoms with E-state index >= 15 is 0 Å². The molecule has 1 heterocycles. The Bertz CT molecular complexity index is 770. The van der Waals surface area contributed by atoms with Crippen molar-refractivity contribution in [2.24, 2.45) is 5.92 Å². The first-order valence-electron chi connectivity index (χ1n) is 11.6. The predicted octanol–water partition coefficient (Wildman–Crippen LogP) is 5.67. The fraction of sp³-hybridized carbons (Fsp3) is 0.577. The van der Waals surface area contributed by atoms with Crippen molar-refractivity contribution in [2.45, 2.75) is 84.1 Å². The van der Waals surface area contributed by atoms with Crippen molar-refractivity contribution in [3.05, 3.63) is 47.1 Å². The summed E-state index contributed by atoms with van der Waals surface area (Å²) in [6.07, 6.45) is 10.4. The summed E-state index contributed by atoms with van der Waals surface area (Å²) in [6.45, 7) is 11.3. The molecule has 31 heavy (non-hydrogen) atoms. The van der Waals surface area contributed by atoms with Crippen molar-refractivity contribution in [1.82, 2.24) is 5.32 Å². The standard InChI is InChI=1S/C21H30O2.C5H9NO2/c1-5-6-7-8-16-12-19(22)21(20(23)13-16)18-11-15(4)9-10-17(18)14(2)3;7-5(8)4-2-1-3-6-4/h11-13,17-18,22-23H,2,5-10H2,1,3-4H3;4,6H,1-3H2,(H,7,8)/t17-,18+;4-/m01/s1. The van der Waals surface area contributed by atoms with Gasteiger partial charge in [-0.25, -0.2) is 0 Å². The van der Waals surface area contributed by atoms with E-state index in [2.05, 4.69) is 31.8 Å². The van der Waals surface area contributed by atoms with Crippen molar-refractivity contribution in [3.8, 4) is 11.5 Å². The Hall–Kier alpha value is -2.27. The number of benzene rings is 1. The molecule has 1 aliphatic carbocycles. The van der Waals surface area contributed by atoms with Crippen LogP contribution in [-0.2, 0) is 11.2 Å². The second-order valence-corrected chi connectivity index (χ2v) is 9.02. The van der Waals surface area contributed by atoms with Crippen LogP contribution in [-0.4, -0.2) is 33.9 Å². The highest BCUT2D eigenvalue weighted by molar-refractivity contribution is 5.73. The Morgan fingerprint density at radius 1 is 1.19 bits per heavy atom. The van der Waals surface area contributed by atoms with Crippen molar-refractivity contribution in [2.75, 3.05) is 6.54 Å². The molecule has 1 fully saturated rings. The van der Waals surface area contributed by atoms with E-state index in [1.54, 1.807) is 0 Å². The minimum absolute atomic E-state index is 0.0194. The average Bonchev–Trinajstić information content (AvgIpc) is 3.23. The molecule has 0 unspecified atom stereocenters. The summed E-state index contributed by atoms with van der Waals surface area (Å²) in [4.78, 5) is 10.1. The average molecular weight is 430 g/mol. The highest BCUT2D eigenvalue weighted by Crippen LogP contribution is 2.46. The number of nitrogens with one attached hydrogen (secondary N) is 1. The summed E-state index contributed by atoms with van der Waals surface area (Å²) in [5.41, 5.74) is 4.11. The molecule has 0 radical (unpaired) electrons. The van der Waals surface area contributed by atoms with Gasteiger partial charge in [0.15, 0.2) is 0 Å². The summed E-state index contributed by atoms with van der Waals surface area (Å²) in [7, 11) is 0. The molecule has 4 N–H and O–H groups in total. The SMILES string of the molecule is C=C(C)[C@@H]1CCC(C)=C[C@H]1c1c(O)cc(CCCCC)cc1O.O=C(O)[C@H]1CCCN1. The van der Waals surface area contributed by atoms with E-state index in [0.29, 0.717) is 5.56 Å². The van der Waals surface area contributed by atoms with Crippen molar-refractivity contribution < 1.29 is 20.1 Å². The maximum atomic E-state index is 10.5. The van der Waals surface area contributed by atoms with Gasteiger partial charge in [0.2, 0.25) is 0 Å². The molecule has 0 spiro atoms. The van der Waals surface area contributed by atoms with E-state index in [9.17, 15) is 15.0 Å². The molecule has 172 valence electrons. The molecule has 5 nitrogen and oxygen atoms in total. The monoisotopic (exact) mass is 429 g/mol. The molecule has 0 amide bonds. The van der Waals surface area contributed by atoms with E-state index in [1.165, 1.54) is 18.4 Å². The van der Waals surface area contributed by atoms with Gasteiger partial charge in [0, 0.05) is 11.5 Å². The summed E-state index contributed by atoms with van der Waals surface area (Å²) in [6, 6.07) is 3.39. The molecule has 3 atom stereocenters. The fourth-order valence-electron chi connectivity index (χ4n) is 4.55. The third-order valence-electron chi connectivity index (χ3n) is 6.34. The van der Waals surface area contributed by atoms with Crippen molar-refractivity contribution >= 4 is 5.97 Å². The summed E-state index contributed by atoms with van der Waals surface area (Å²) in [5, 5.41) is 32.3. The van der Waals surface area contributed by atoms with Crippen LogP contribution in [0.25, 0.3) is 0 Å². The number of phenols is 2. The van der Waals surface area contributed by atoms with E-state index in [4.69, 9.17) is 5.11 Å². The van der Waals surface area contributed by atoms with E-state index in [0.717, 1.165) is 56.2 Å². The number of unbranched alkanes of at least 4 members (excludes halogenated alkanes) is 2. The third-order valence-corrected chi connectivity index (χ3v) is 6.34. The van der Waals surface area contributed by atoms with Gasteiger partial charge in [-0.1, -0.05) is 43.6 Å². The van der Waals surface area contributed by atoms with Crippen LogP contribution < -0.4 is 5.32 Å². The van der Waals surface area contributed by atoms with Crippen LogP contribution >= 0.6 is 0 Å². The van der Waals surface area contributed by atoms with E-state index < -0.39 is 5.97 Å². The molecule has 0 saturated carbocycles. The van der Waals surface area contributed by atoms with E-state index in [1.807, 2.05) is 19.1 Å². The molecule has 0 aromatic heterocycles. The summed E-state index contributed by atoms with van der Waals surface area (Å²) < 4.78 is 0. The molecule has 2 aliphatic rings. The number of hydrogen-bond donors (Lipinski definition) is 4. The highest BCUT2D eigenvalue weighted by Gasteiger charge is 2.30. The topological polar surface area (TPSA) is 89.8 Å². The lowest BCUT2D eigenvalue weighted by atomic mass is 9.73. The molecule has 1 saturated heterocycles. The number of carboxylic acids is 1. The van der Waals surface area contributed by atoms with Crippen LogP contribution in [0.4, 0.5) is 0 Å². The largest absolute Gasteiger partial charge is 0.507 e. The van der Waals surface area contributed by atoms with E-state index in [-0.39, 0.29) is 29.4 Å². The van der Waals surface area contributed by atoms with Crippen molar-refractivity contribution in [1.29, 1.82) is 0 Å². The van der Waals surface area contributed by atoms with Gasteiger partial charge in [0.25, 0.3) is 0 Å². The number of aryl methyl sites for hydroxylation is 1. The molecular weight excluding hydrogens is 390 g/mol. The van der Waals surface area contributed by atoms with Crippen LogP contribution in [0.3, 0.4) is 0 Å². The van der Waals surface area contributed by atoms with Crippen LogP contribution in [0.2, 0.25) is 0 Å². The zero-order chi connectivity index (χ0) is 23.0. The number of hydrogen-bond acceptors (Lipinski definition) is 4. The van der Waals surface area contributed by atoms with Gasteiger partial charge < -0.3 is 20.6 Å². The number of carboxylic acid groups (broad SMARTS) is 1. The van der Waals surface area contributed by atoms with Crippen LogP contribution in [0.15, 0.2) is 35.9 Å². The van der Waals surface area contributed by atoms with Crippen LogP contribution in [0, 0.1) is 5.92 Å². The third kappa shape index (κ3) is 7.13. The first kappa shape index (κ1) is 25.0. The lowest BCUT2D eigenvalue weighted by Gasteiger charge is -2.31. The van der Waals surface area contributed by atoms with Gasteiger partial charge in [0.05, 0.1) is 0 Å². The lowest BCUT2D eigenvalue weighted by Crippen LogP contribution is -2.29. The number of phenolic OH excluding ortho intramolecular Hbond substituents is 2. The molecule has 1 aromatic carbocycles. The Morgan fingerprint density at radius 2 is 1.87 bits per heavy atom. The number of allylic oxidation sites excluding steroid dienone is 3. The van der Waals surface area contributed by atoms with Gasteiger partial charge in [-0.2, -0.15) is 0 Å². The zero-order valence-corrected chi connectivity index (χ0v) is 19.3. The second kappa shape index (κ2) is 11.9. The van der Waals surface area contributed by atoms with Crippen LogP contribution in [0.1, 0.15) is 82.8 Å². The lowest BCUT2D eigenvalue weighted by molar-refractivity contribution is -0.139. The normalized spacial score (nSPS) is 22.9. The Labute approximate surface area is 186 Å². The molecule has 5 heteroatoms. The quantitative estimate of drug-likeness (QED) is 0.331. The molecule has 3 rings (SSSR count). The maximum Gasteiger partial charge on any atom is 0.320 e. The van der Waals surface area contributed by atoms with Crippen LogP contribution in [0.5, 0.6) is 11.5 Å². The van der Waals surface area contributed by atoms with Crippen molar-refractivity contribution in [3.63, 3.8) is 0 Å². The fourth-order valence-corrected chi connectivity index (χ4v) is 4.55. The van der Waals surface area contributed by atoms with Gasteiger partial charge >= 0.3 is 5.97 Å². The molecular formula is C26H39NO4. The molecule has 1 aromatic rings. The van der Waals surface area contributed by atoms with Gasteiger partial charge in [-0.05, 0) is 82.5 Å². The first-order chi connectivity index (χ1) is 14.7. The molecule has 0 bridgehead atoms. The Kier molecular flexibility index (Phi) is 9.63. The smallest absolute Gasteiger partial charge is 0.320 e. The maximum absolute atomic E-state index is 10.5. The second-order valence-electron chi connectivity index (χ2n) is 9.02. The number of aliphatic carboxylic acids is 1. The predicted molar refractivity (Wildman–Crippen MR) is 126 cm³/mol. The number of aromatic hydroxyl groups is 2. The minimum atomic E-state index is -0.720. The zero-order valence-electron chi connectivity index (χ0n) is 19.3. The number of rotatable bonds is 7. The summed E-state index contributed by atoms with van der Waals surface area (Å²) in [5.74, 6) is 0.0206. The number of carbonyl (C=O) groups is 1. The Morgan fingerprint density at radius 3 is 2.35 bits per heavy atom. The first-order valence-corrected chi connectivity index (χ1v) is 11.6. The van der Waals surface area contributed by atoms with Gasteiger partial charge in [0.1, 0.15) is 17.5 Å². The highest BCUT2D eigenvalue weighted by atomic mass is 16.4. The molecule has 1 aliphatic heterocycles. The van der Waals surface area contributed by atoms with Gasteiger partial charge in [-0.3, -0.25) is 4.79 Å². The Balaban J connectivity index is 0.000000357. The summed E-state index contributed by atoms with van der Waals surface area (Å²) >= 11 is 0. The minimum Gasteiger partial charge on any atom is -0.507 e.